The van der Waals surface area contributed by atoms with Crippen molar-refractivity contribution < 1.29 is 19.1 Å². The second-order valence-corrected chi connectivity index (χ2v) is 6.54. The zero-order chi connectivity index (χ0) is 18.4. The summed E-state index contributed by atoms with van der Waals surface area (Å²) in [6.45, 7) is 1.59. The van der Waals surface area contributed by atoms with Gasteiger partial charge in [0.15, 0.2) is 12.4 Å². The first-order valence-electron chi connectivity index (χ1n) is 7.92. The third-order valence-corrected chi connectivity index (χ3v) is 4.47. The van der Waals surface area contributed by atoms with Crippen LogP contribution < -0.4 is 10.1 Å². The minimum absolute atomic E-state index is 0.0965. The van der Waals surface area contributed by atoms with Crippen LogP contribution in [0.15, 0.2) is 12.1 Å². The van der Waals surface area contributed by atoms with Crippen molar-refractivity contribution in [2.45, 2.75) is 38.1 Å². The lowest BCUT2D eigenvalue weighted by atomic mass is 10.00. The number of ether oxygens (including phenoxy) is 2. The molecule has 134 valence electrons. The van der Waals surface area contributed by atoms with Crippen molar-refractivity contribution in [1.82, 2.24) is 5.32 Å². The zero-order valence-electron chi connectivity index (χ0n) is 13.7. The molecular formula is C17H18Cl2N2O4. The quantitative estimate of drug-likeness (QED) is 0.758. The van der Waals surface area contributed by atoms with Gasteiger partial charge in [0.25, 0.3) is 5.91 Å². The average Bonchev–Trinajstić information content (AvgIpc) is 3.03. The Morgan fingerprint density at radius 3 is 2.40 bits per heavy atom. The van der Waals surface area contributed by atoms with Crippen molar-refractivity contribution in [2.75, 3.05) is 13.2 Å². The lowest BCUT2D eigenvalue weighted by Crippen LogP contribution is -2.47. The van der Waals surface area contributed by atoms with E-state index >= 15 is 0 Å². The molecule has 1 aliphatic carbocycles. The fourth-order valence-corrected chi connectivity index (χ4v) is 3.31. The fraction of sp³-hybridized carbons (Fsp3) is 0.471. The number of benzene rings is 1. The molecule has 2 rings (SSSR count). The summed E-state index contributed by atoms with van der Waals surface area (Å²) in [6.07, 6.45) is 3.07. The summed E-state index contributed by atoms with van der Waals surface area (Å²) in [7, 11) is 0. The van der Waals surface area contributed by atoms with E-state index in [-0.39, 0.29) is 34.6 Å². The van der Waals surface area contributed by atoms with E-state index in [1.165, 1.54) is 12.1 Å². The number of hydrogen-bond donors (Lipinski definition) is 1. The number of nitrogens with zero attached hydrogens (tertiary/aromatic N) is 1. The molecule has 0 radical (unpaired) electrons. The van der Waals surface area contributed by atoms with E-state index in [0.29, 0.717) is 12.8 Å². The van der Waals surface area contributed by atoms with Crippen molar-refractivity contribution in [1.29, 1.82) is 5.26 Å². The summed E-state index contributed by atoms with van der Waals surface area (Å²) in [5, 5.41) is 12.2. The molecule has 0 bridgehead atoms. The molecule has 0 atom stereocenters. The van der Waals surface area contributed by atoms with Gasteiger partial charge in [0.05, 0.1) is 28.3 Å². The first kappa shape index (κ1) is 19.4. The number of esters is 1. The van der Waals surface area contributed by atoms with Crippen LogP contribution in [0.5, 0.6) is 5.75 Å². The maximum absolute atomic E-state index is 12.1. The second-order valence-electron chi connectivity index (χ2n) is 5.73. The molecule has 1 amide bonds. The van der Waals surface area contributed by atoms with Crippen LogP contribution in [-0.4, -0.2) is 30.6 Å². The highest BCUT2D eigenvalue weighted by Crippen LogP contribution is 2.34. The molecule has 0 spiro atoms. The molecule has 0 aromatic heterocycles. The third kappa shape index (κ3) is 4.77. The smallest absolute Gasteiger partial charge is 0.338 e. The molecule has 0 saturated heterocycles. The van der Waals surface area contributed by atoms with Crippen molar-refractivity contribution in [3.8, 4) is 11.8 Å². The van der Waals surface area contributed by atoms with Crippen molar-refractivity contribution >= 4 is 35.1 Å². The SMILES string of the molecule is CCOC(=O)c1cc(Cl)c(OCC(=O)NC2(C#N)CCCC2)c(Cl)c1. The summed E-state index contributed by atoms with van der Waals surface area (Å²) in [4.78, 5) is 23.8. The van der Waals surface area contributed by atoms with Gasteiger partial charge in [-0.25, -0.2) is 4.79 Å². The molecule has 1 aromatic carbocycles. The van der Waals surface area contributed by atoms with Crippen LogP contribution in [0.1, 0.15) is 43.0 Å². The van der Waals surface area contributed by atoms with E-state index in [2.05, 4.69) is 11.4 Å². The van der Waals surface area contributed by atoms with Crippen LogP contribution in [0.25, 0.3) is 0 Å². The number of carbonyl (C=O) groups is 2. The van der Waals surface area contributed by atoms with Gasteiger partial charge in [-0.2, -0.15) is 5.26 Å². The van der Waals surface area contributed by atoms with Gasteiger partial charge in [0, 0.05) is 0 Å². The van der Waals surface area contributed by atoms with Crippen molar-refractivity contribution in [2.24, 2.45) is 0 Å². The van der Waals surface area contributed by atoms with Gasteiger partial charge in [-0.1, -0.05) is 23.2 Å². The first-order chi connectivity index (χ1) is 11.9. The monoisotopic (exact) mass is 384 g/mol. The van der Waals surface area contributed by atoms with Crippen LogP contribution in [0.3, 0.4) is 0 Å². The zero-order valence-corrected chi connectivity index (χ0v) is 15.2. The Hall–Kier alpha value is -1.97. The Morgan fingerprint density at radius 1 is 1.28 bits per heavy atom. The largest absolute Gasteiger partial charge is 0.481 e. The number of amides is 1. The van der Waals surface area contributed by atoms with Crippen molar-refractivity contribution in [3.63, 3.8) is 0 Å². The van der Waals surface area contributed by atoms with Gasteiger partial charge < -0.3 is 14.8 Å². The number of carbonyl (C=O) groups excluding carboxylic acids is 2. The third-order valence-electron chi connectivity index (χ3n) is 3.91. The standard InChI is InChI=1S/C17H18Cl2N2O4/c1-2-24-16(23)11-7-12(18)15(13(19)8-11)25-9-14(22)21-17(10-20)5-3-4-6-17/h7-8H,2-6,9H2,1H3,(H,21,22). The molecule has 0 unspecified atom stereocenters. The lowest BCUT2D eigenvalue weighted by molar-refractivity contribution is -0.124. The van der Waals surface area contributed by atoms with Crippen LogP contribution in [-0.2, 0) is 9.53 Å². The Balaban J connectivity index is 2.02. The predicted octanol–water partition coefficient (Wildman–Crippen LogP) is 3.50. The van der Waals surface area contributed by atoms with Gasteiger partial charge in [0.1, 0.15) is 5.54 Å². The molecule has 1 aliphatic rings. The summed E-state index contributed by atoms with van der Waals surface area (Å²) in [5.41, 5.74) is -0.620. The van der Waals surface area contributed by atoms with Crippen LogP contribution in [0.4, 0.5) is 0 Å². The Kier molecular flexibility index (Phi) is 6.51. The fourth-order valence-electron chi connectivity index (χ4n) is 2.71. The topological polar surface area (TPSA) is 88.4 Å². The minimum Gasteiger partial charge on any atom is -0.481 e. The van der Waals surface area contributed by atoms with Gasteiger partial charge in [-0.15, -0.1) is 0 Å². The van der Waals surface area contributed by atoms with E-state index in [4.69, 9.17) is 32.7 Å². The second kappa shape index (κ2) is 8.41. The van der Waals surface area contributed by atoms with Gasteiger partial charge in [-0.05, 0) is 44.7 Å². The molecule has 8 heteroatoms. The molecule has 0 heterocycles. The summed E-state index contributed by atoms with van der Waals surface area (Å²) in [6, 6.07) is 4.91. The minimum atomic E-state index is -0.818. The molecular weight excluding hydrogens is 367 g/mol. The number of nitrogens with one attached hydrogen (secondary N) is 1. The Labute approximate surface area is 156 Å². The normalized spacial score (nSPS) is 15.3. The highest BCUT2D eigenvalue weighted by atomic mass is 35.5. The Bertz CT molecular complexity index is 686. The molecule has 0 aliphatic heterocycles. The van der Waals surface area contributed by atoms with E-state index in [0.717, 1.165) is 12.8 Å². The van der Waals surface area contributed by atoms with E-state index in [1.54, 1.807) is 6.92 Å². The highest BCUT2D eigenvalue weighted by Gasteiger charge is 2.35. The number of rotatable bonds is 6. The Morgan fingerprint density at radius 2 is 1.88 bits per heavy atom. The number of nitriles is 1. The lowest BCUT2D eigenvalue weighted by Gasteiger charge is -2.22. The number of hydrogen-bond acceptors (Lipinski definition) is 5. The summed E-state index contributed by atoms with van der Waals surface area (Å²) >= 11 is 12.2. The average molecular weight is 385 g/mol. The van der Waals surface area contributed by atoms with E-state index in [1.807, 2.05) is 0 Å². The van der Waals surface area contributed by atoms with E-state index in [9.17, 15) is 14.9 Å². The van der Waals surface area contributed by atoms with Crippen LogP contribution in [0.2, 0.25) is 10.0 Å². The summed E-state index contributed by atoms with van der Waals surface area (Å²) in [5.74, 6) is -0.873. The van der Waals surface area contributed by atoms with Crippen molar-refractivity contribution in [3.05, 3.63) is 27.7 Å². The molecule has 1 saturated carbocycles. The molecule has 25 heavy (non-hydrogen) atoms. The predicted molar refractivity (Wildman–Crippen MR) is 92.9 cm³/mol. The van der Waals surface area contributed by atoms with Crippen LogP contribution >= 0.6 is 23.2 Å². The maximum atomic E-state index is 12.1. The summed E-state index contributed by atoms with van der Waals surface area (Å²) < 4.78 is 10.3. The van der Waals surface area contributed by atoms with E-state index < -0.39 is 17.4 Å². The van der Waals surface area contributed by atoms with Gasteiger partial charge in [-0.3, -0.25) is 4.79 Å². The molecule has 1 fully saturated rings. The highest BCUT2D eigenvalue weighted by molar-refractivity contribution is 6.37. The molecule has 6 nitrogen and oxygen atoms in total. The number of halogens is 2. The maximum Gasteiger partial charge on any atom is 0.338 e. The van der Waals surface area contributed by atoms with Gasteiger partial charge >= 0.3 is 5.97 Å². The molecule has 1 N–H and O–H groups in total. The molecule has 1 aromatic rings. The van der Waals surface area contributed by atoms with Crippen LogP contribution in [0, 0.1) is 11.3 Å². The first-order valence-corrected chi connectivity index (χ1v) is 8.67. The van der Waals surface area contributed by atoms with Gasteiger partial charge in [0.2, 0.25) is 0 Å².